The first-order chi connectivity index (χ1) is 10.5. The van der Waals surface area contributed by atoms with Crippen molar-refractivity contribution in [2.45, 2.75) is 46.0 Å². The van der Waals surface area contributed by atoms with Gasteiger partial charge in [0.05, 0.1) is 5.56 Å². The number of hydrogen-bond acceptors (Lipinski definition) is 4. The van der Waals surface area contributed by atoms with Crippen LogP contribution >= 0.6 is 0 Å². The SMILES string of the molecule is CCCNC(=O)CCNC(=O)c1oc2c(c1C)C(=O)CCC2. The fraction of sp³-hybridized carbons (Fsp3) is 0.562. The third kappa shape index (κ3) is 3.55. The summed E-state index contributed by atoms with van der Waals surface area (Å²) in [6.45, 7) is 4.59. The fourth-order valence-corrected chi connectivity index (χ4v) is 2.59. The van der Waals surface area contributed by atoms with Crippen LogP contribution in [0.3, 0.4) is 0 Å². The predicted octanol–water partition coefficient (Wildman–Crippen LogP) is 1.75. The van der Waals surface area contributed by atoms with Gasteiger partial charge >= 0.3 is 0 Å². The van der Waals surface area contributed by atoms with Gasteiger partial charge in [-0.15, -0.1) is 0 Å². The minimum absolute atomic E-state index is 0.0421. The Morgan fingerprint density at radius 3 is 2.64 bits per heavy atom. The van der Waals surface area contributed by atoms with E-state index in [0.29, 0.717) is 36.3 Å². The van der Waals surface area contributed by atoms with Gasteiger partial charge in [0.2, 0.25) is 5.91 Å². The summed E-state index contributed by atoms with van der Waals surface area (Å²) in [4.78, 5) is 35.5. The quantitative estimate of drug-likeness (QED) is 0.838. The monoisotopic (exact) mass is 306 g/mol. The number of nitrogens with one attached hydrogen (secondary N) is 2. The number of Topliss-reactive ketones (excluding diaryl/α,β-unsaturated/α-hetero) is 1. The summed E-state index contributed by atoms with van der Waals surface area (Å²) in [7, 11) is 0. The largest absolute Gasteiger partial charge is 0.455 e. The number of fused-ring (bicyclic) bond motifs is 1. The normalized spacial score (nSPS) is 13.6. The van der Waals surface area contributed by atoms with Crippen LogP contribution in [-0.2, 0) is 11.2 Å². The van der Waals surface area contributed by atoms with Crippen molar-refractivity contribution in [2.75, 3.05) is 13.1 Å². The molecule has 0 bridgehead atoms. The van der Waals surface area contributed by atoms with Gasteiger partial charge in [0.15, 0.2) is 11.5 Å². The highest BCUT2D eigenvalue weighted by Gasteiger charge is 2.28. The smallest absolute Gasteiger partial charge is 0.287 e. The van der Waals surface area contributed by atoms with Gasteiger partial charge in [0.1, 0.15) is 5.76 Å². The van der Waals surface area contributed by atoms with E-state index in [-0.39, 0.29) is 36.3 Å². The number of carbonyl (C=O) groups is 3. The second-order valence-electron chi connectivity index (χ2n) is 5.49. The summed E-state index contributed by atoms with van der Waals surface area (Å²) in [6, 6.07) is 0. The third-order valence-electron chi connectivity index (χ3n) is 3.72. The average Bonchev–Trinajstić information content (AvgIpc) is 2.83. The molecule has 0 aliphatic heterocycles. The van der Waals surface area contributed by atoms with Crippen LogP contribution in [0.5, 0.6) is 0 Å². The zero-order chi connectivity index (χ0) is 16.1. The minimum Gasteiger partial charge on any atom is -0.455 e. The third-order valence-corrected chi connectivity index (χ3v) is 3.72. The zero-order valence-electron chi connectivity index (χ0n) is 13.1. The Morgan fingerprint density at radius 2 is 1.95 bits per heavy atom. The molecule has 1 heterocycles. The average molecular weight is 306 g/mol. The lowest BCUT2D eigenvalue weighted by molar-refractivity contribution is -0.120. The van der Waals surface area contributed by atoms with Gasteiger partial charge in [-0.05, 0) is 19.8 Å². The zero-order valence-corrected chi connectivity index (χ0v) is 13.1. The number of furan rings is 1. The summed E-state index contributed by atoms with van der Waals surface area (Å²) in [5, 5.41) is 5.41. The lowest BCUT2D eigenvalue weighted by Gasteiger charge is -2.07. The molecule has 0 atom stereocenters. The summed E-state index contributed by atoms with van der Waals surface area (Å²) in [5.74, 6) is 0.380. The topological polar surface area (TPSA) is 88.4 Å². The molecule has 0 fully saturated rings. The summed E-state index contributed by atoms with van der Waals surface area (Å²) in [5.41, 5.74) is 1.17. The van der Waals surface area contributed by atoms with Crippen molar-refractivity contribution in [3.63, 3.8) is 0 Å². The minimum atomic E-state index is -0.372. The van der Waals surface area contributed by atoms with Gasteiger partial charge in [-0.25, -0.2) is 0 Å². The molecule has 120 valence electrons. The van der Waals surface area contributed by atoms with Crippen LogP contribution < -0.4 is 10.6 Å². The van der Waals surface area contributed by atoms with Crippen LogP contribution in [0.25, 0.3) is 0 Å². The van der Waals surface area contributed by atoms with Crippen LogP contribution in [0.4, 0.5) is 0 Å². The molecule has 0 saturated carbocycles. The first-order valence-corrected chi connectivity index (χ1v) is 7.75. The molecule has 1 aliphatic rings. The molecule has 0 unspecified atom stereocenters. The number of hydrogen-bond donors (Lipinski definition) is 2. The second-order valence-corrected chi connectivity index (χ2v) is 5.49. The molecule has 0 saturated heterocycles. The van der Waals surface area contributed by atoms with Crippen LogP contribution in [0.1, 0.15) is 64.8 Å². The van der Waals surface area contributed by atoms with Gasteiger partial charge in [0.25, 0.3) is 5.91 Å². The van der Waals surface area contributed by atoms with Crippen molar-refractivity contribution in [1.82, 2.24) is 10.6 Å². The number of aryl methyl sites for hydroxylation is 1. The molecule has 0 spiro atoms. The van der Waals surface area contributed by atoms with Gasteiger partial charge in [-0.1, -0.05) is 6.92 Å². The van der Waals surface area contributed by atoms with E-state index in [1.165, 1.54) is 0 Å². The van der Waals surface area contributed by atoms with E-state index in [1.807, 2.05) is 6.92 Å². The van der Waals surface area contributed by atoms with Gasteiger partial charge in [-0.3, -0.25) is 14.4 Å². The van der Waals surface area contributed by atoms with Crippen molar-refractivity contribution in [1.29, 1.82) is 0 Å². The molecule has 22 heavy (non-hydrogen) atoms. The van der Waals surface area contributed by atoms with E-state index in [2.05, 4.69) is 10.6 Å². The van der Waals surface area contributed by atoms with Crippen molar-refractivity contribution in [3.05, 3.63) is 22.6 Å². The fourth-order valence-electron chi connectivity index (χ4n) is 2.59. The Labute approximate surface area is 129 Å². The summed E-state index contributed by atoms with van der Waals surface area (Å²) in [6.07, 6.45) is 3.06. The molecule has 0 aromatic carbocycles. The Morgan fingerprint density at radius 1 is 1.18 bits per heavy atom. The lowest BCUT2D eigenvalue weighted by Crippen LogP contribution is -2.31. The van der Waals surface area contributed by atoms with Crippen molar-refractivity contribution >= 4 is 17.6 Å². The van der Waals surface area contributed by atoms with Gasteiger partial charge in [0, 0.05) is 37.9 Å². The number of carbonyl (C=O) groups excluding carboxylic acids is 3. The van der Waals surface area contributed by atoms with Gasteiger partial charge < -0.3 is 15.1 Å². The highest BCUT2D eigenvalue weighted by Crippen LogP contribution is 2.29. The molecule has 2 N–H and O–H groups in total. The summed E-state index contributed by atoms with van der Waals surface area (Å²) >= 11 is 0. The van der Waals surface area contributed by atoms with E-state index in [4.69, 9.17) is 4.42 Å². The number of amides is 2. The second kappa shape index (κ2) is 7.24. The number of rotatable bonds is 6. The maximum atomic E-state index is 12.1. The highest BCUT2D eigenvalue weighted by atomic mass is 16.4. The van der Waals surface area contributed by atoms with Crippen LogP contribution in [0.2, 0.25) is 0 Å². The van der Waals surface area contributed by atoms with E-state index in [9.17, 15) is 14.4 Å². The molecule has 6 heteroatoms. The van der Waals surface area contributed by atoms with Crippen molar-refractivity contribution in [3.8, 4) is 0 Å². The van der Waals surface area contributed by atoms with Crippen LogP contribution in [-0.4, -0.2) is 30.7 Å². The standard InChI is InChI=1S/C16H22N2O4/c1-3-8-17-13(20)7-9-18-16(21)15-10(2)14-11(19)5-4-6-12(14)22-15/h3-9H2,1-2H3,(H,17,20)(H,18,21). The molecule has 1 aromatic rings. The molecule has 1 aliphatic carbocycles. The summed E-state index contributed by atoms with van der Waals surface area (Å²) < 4.78 is 5.56. The van der Waals surface area contributed by atoms with E-state index < -0.39 is 0 Å². The Balaban J connectivity index is 1.93. The predicted molar refractivity (Wildman–Crippen MR) is 81.0 cm³/mol. The Kier molecular flexibility index (Phi) is 5.35. The first kappa shape index (κ1) is 16.3. The highest BCUT2D eigenvalue weighted by molar-refractivity contribution is 6.03. The molecule has 6 nitrogen and oxygen atoms in total. The molecular formula is C16H22N2O4. The Bertz CT molecular complexity index is 589. The van der Waals surface area contributed by atoms with Crippen molar-refractivity contribution in [2.24, 2.45) is 0 Å². The maximum absolute atomic E-state index is 12.1. The maximum Gasteiger partial charge on any atom is 0.287 e. The lowest BCUT2D eigenvalue weighted by atomic mass is 9.94. The van der Waals surface area contributed by atoms with Crippen LogP contribution in [0, 0.1) is 6.92 Å². The van der Waals surface area contributed by atoms with Crippen LogP contribution in [0.15, 0.2) is 4.42 Å². The first-order valence-electron chi connectivity index (χ1n) is 7.75. The van der Waals surface area contributed by atoms with Gasteiger partial charge in [-0.2, -0.15) is 0 Å². The van der Waals surface area contributed by atoms with E-state index in [1.54, 1.807) is 6.92 Å². The molecular weight excluding hydrogens is 284 g/mol. The van der Waals surface area contributed by atoms with Crippen molar-refractivity contribution < 1.29 is 18.8 Å². The Hall–Kier alpha value is -2.11. The molecule has 1 aromatic heterocycles. The number of ketones is 1. The molecule has 2 rings (SSSR count). The van der Waals surface area contributed by atoms with E-state index >= 15 is 0 Å². The molecule has 2 amide bonds. The van der Waals surface area contributed by atoms with E-state index in [0.717, 1.165) is 12.8 Å². The molecule has 0 radical (unpaired) electrons.